The standard InChI is InChI=1S/C24H26ClF4N5.CH4/c1-34(2)22-18-5-3-4-6-20(18)32-23(33-22)31-17-9-7-16(8-10-17)30-13-14-11-15(24(27,28)29)12-19(25)21(14)26;/h3-6,11-12,16-17,30H,7-10,13H2,1-2H3,(H,31,32,33);1H4. The van der Waals surface area contributed by atoms with Crippen LogP contribution >= 0.6 is 11.6 Å². The minimum Gasteiger partial charge on any atom is -0.362 e. The molecule has 2 N–H and O–H groups in total. The molecule has 4 rings (SSSR count). The smallest absolute Gasteiger partial charge is 0.362 e. The van der Waals surface area contributed by atoms with Gasteiger partial charge in [0.25, 0.3) is 0 Å². The number of hydrogen-bond donors (Lipinski definition) is 2. The molecule has 3 aromatic rings. The molecule has 0 spiro atoms. The first-order chi connectivity index (χ1) is 16.1. The van der Waals surface area contributed by atoms with Crippen molar-refractivity contribution in [2.75, 3.05) is 24.3 Å². The predicted octanol–water partition coefficient (Wildman–Crippen LogP) is 6.66. The normalized spacial score (nSPS) is 18.3. The zero-order valence-corrected chi connectivity index (χ0v) is 19.6. The SMILES string of the molecule is C.CN(C)c1nc(NC2CCC(NCc3cc(C(F)(F)F)cc(Cl)c3F)CC2)nc2ccccc12. The Morgan fingerprint density at radius 2 is 1.69 bits per heavy atom. The van der Waals surface area contributed by atoms with Crippen LogP contribution in [0, 0.1) is 5.82 Å². The van der Waals surface area contributed by atoms with Crippen LogP contribution in [-0.4, -0.2) is 36.1 Å². The number of fused-ring (bicyclic) bond motifs is 1. The topological polar surface area (TPSA) is 53.1 Å². The van der Waals surface area contributed by atoms with Gasteiger partial charge < -0.3 is 15.5 Å². The lowest BCUT2D eigenvalue weighted by Crippen LogP contribution is -2.37. The van der Waals surface area contributed by atoms with Gasteiger partial charge in [-0.3, -0.25) is 0 Å². The Bertz CT molecular complexity index is 1160. The van der Waals surface area contributed by atoms with E-state index in [1.54, 1.807) is 0 Å². The highest BCUT2D eigenvalue weighted by Crippen LogP contribution is 2.34. The summed E-state index contributed by atoms with van der Waals surface area (Å²) in [6, 6.07) is 9.53. The maximum absolute atomic E-state index is 14.3. The van der Waals surface area contributed by atoms with Crippen molar-refractivity contribution in [2.45, 2.75) is 57.9 Å². The lowest BCUT2D eigenvalue weighted by atomic mass is 9.91. The fraction of sp³-hybridized carbons (Fsp3) is 0.440. The van der Waals surface area contributed by atoms with E-state index in [-0.39, 0.29) is 31.6 Å². The first-order valence-corrected chi connectivity index (χ1v) is 11.5. The minimum absolute atomic E-state index is 0. The summed E-state index contributed by atoms with van der Waals surface area (Å²) in [5, 5.41) is 7.07. The molecule has 1 aromatic heterocycles. The second-order valence-electron chi connectivity index (χ2n) is 8.79. The fourth-order valence-corrected chi connectivity index (χ4v) is 4.52. The number of nitrogens with one attached hydrogen (secondary N) is 2. The third-order valence-corrected chi connectivity index (χ3v) is 6.35. The van der Waals surface area contributed by atoms with E-state index < -0.39 is 22.6 Å². The molecule has 5 nitrogen and oxygen atoms in total. The van der Waals surface area contributed by atoms with Crippen LogP contribution in [0.1, 0.15) is 44.2 Å². The van der Waals surface area contributed by atoms with Crippen LogP contribution < -0.4 is 15.5 Å². The van der Waals surface area contributed by atoms with E-state index >= 15 is 0 Å². The fourth-order valence-electron chi connectivity index (χ4n) is 4.28. The Morgan fingerprint density at radius 3 is 2.34 bits per heavy atom. The zero-order chi connectivity index (χ0) is 24.5. The Morgan fingerprint density at radius 1 is 1.03 bits per heavy atom. The summed E-state index contributed by atoms with van der Waals surface area (Å²) in [4.78, 5) is 11.3. The number of rotatable bonds is 6. The maximum atomic E-state index is 14.3. The minimum atomic E-state index is -4.58. The molecule has 190 valence electrons. The van der Waals surface area contributed by atoms with Crippen LogP contribution in [0.3, 0.4) is 0 Å². The summed E-state index contributed by atoms with van der Waals surface area (Å²) in [5.41, 5.74) is -0.169. The Kier molecular flexibility index (Phi) is 8.43. The molecule has 1 saturated carbocycles. The number of aromatic nitrogens is 2. The van der Waals surface area contributed by atoms with Gasteiger partial charge >= 0.3 is 6.18 Å². The zero-order valence-electron chi connectivity index (χ0n) is 18.9. The van der Waals surface area contributed by atoms with Crippen LogP contribution in [0.15, 0.2) is 36.4 Å². The number of para-hydroxylation sites is 1. The van der Waals surface area contributed by atoms with Gasteiger partial charge in [0.2, 0.25) is 5.95 Å². The molecule has 1 aliphatic rings. The summed E-state index contributed by atoms with van der Waals surface area (Å²) in [7, 11) is 3.88. The molecule has 1 fully saturated rings. The predicted molar refractivity (Wildman–Crippen MR) is 134 cm³/mol. The van der Waals surface area contributed by atoms with E-state index in [4.69, 9.17) is 11.6 Å². The van der Waals surface area contributed by atoms with Crippen molar-refractivity contribution in [1.29, 1.82) is 0 Å². The summed E-state index contributed by atoms with van der Waals surface area (Å²) in [5.74, 6) is 0.590. The number of nitrogens with zero attached hydrogens (tertiary/aromatic N) is 3. The van der Waals surface area contributed by atoms with Crippen molar-refractivity contribution in [1.82, 2.24) is 15.3 Å². The van der Waals surface area contributed by atoms with Crippen molar-refractivity contribution in [3.63, 3.8) is 0 Å². The van der Waals surface area contributed by atoms with Crippen molar-refractivity contribution in [3.8, 4) is 0 Å². The maximum Gasteiger partial charge on any atom is 0.416 e. The van der Waals surface area contributed by atoms with E-state index in [2.05, 4.69) is 20.6 Å². The largest absolute Gasteiger partial charge is 0.416 e. The quantitative estimate of drug-likeness (QED) is 0.363. The number of benzene rings is 2. The van der Waals surface area contributed by atoms with Gasteiger partial charge in [0.1, 0.15) is 11.6 Å². The van der Waals surface area contributed by atoms with Crippen molar-refractivity contribution < 1.29 is 17.6 Å². The van der Waals surface area contributed by atoms with Gasteiger partial charge in [0.05, 0.1) is 16.1 Å². The molecule has 0 aliphatic heterocycles. The third-order valence-electron chi connectivity index (χ3n) is 6.08. The van der Waals surface area contributed by atoms with E-state index in [1.165, 1.54) is 0 Å². The lowest BCUT2D eigenvalue weighted by Gasteiger charge is -2.30. The average molecular weight is 512 g/mol. The van der Waals surface area contributed by atoms with E-state index in [0.717, 1.165) is 48.5 Å². The molecule has 0 atom stereocenters. The molecule has 0 saturated heterocycles. The van der Waals surface area contributed by atoms with Gasteiger partial charge in [-0.2, -0.15) is 18.2 Å². The van der Waals surface area contributed by atoms with E-state index in [9.17, 15) is 17.6 Å². The molecule has 35 heavy (non-hydrogen) atoms. The third kappa shape index (κ3) is 6.32. The molecule has 0 radical (unpaired) electrons. The molecule has 2 aromatic carbocycles. The number of hydrogen-bond acceptors (Lipinski definition) is 5. The molecule has 1 heterocycles. The monoisotopic (exact) mass is 511 g/mol. The highest BCUT2D eigenvalue weighted by Gasteiger charge is 2.32. The molecular formula is C25H30ClF4N5. The number of halogens is 5. The van der Waals surface area contributed by atoms with Crippen LogP contribution in [0.25, 0.3) is 10.9 Å². The average Bonchev–Trinajstić information content (AvgIpc) is 2.79. The van der Waals surface area contributed by atoms with Crippen LogP contribution in [0.4, 0.5) is 29.3 Å². The molecule has 0 amide bonds. The van der Waals surface area contributed by atoms with Crippen molar-refractivity contribution in [3.05, 3.63) is 58.4 Å². The van der Waals surface area contributed by atoms with Gasteiger partial charge in [-0.05, 0) is 49.9 Å². The molecule has 1 aliphatic carbocycles. The molecule has 0 unspecified atom stereocenters. The van der Waals surface area contributed by atoms with Gasteiger partial charge in [-0.15, -0.1) is 0 Å². The van der Waals surface area contributed by atoms with Gasteiger partial charge in [0.15, 0.2) is 0 Å². The molecule has 10 heteroatoms. The first-order valence-electron chi connectivity index (χ1n) is 11.1. The summed E-state index contributed by atoms with van der Waals surface area (Å²) in [6.45, 7) is -0.0157. The Labute approximate surface area is 207 Å². The highest BCUT2D eigenvalue weighted by atomic mass is 35.5. The summed E-state index contributed by atoms with van der Waals surface area (Å²) < 4.78 is 53.4. The Balaban J connectivity index is 0.00000342. The summed E-state index contributed by atoms with van der Waals surface area (Å²) >= 11 is 5.68. The van der Waals surface area contributed by atoms with Crippen LogP contribution in [0.2, 0.25) is 5.02 Å². The highest BCUT2D eigenvalue weighted by molar-refractivity contribution is 6.30. The van der Waals surface area contributed by atoms with E-state index in [0.29, 0.717) is 12.0 Å². The van der Waals surface area contributed by atoms with Crippen molar-refractivity contribution >= 4 is 34.3 Å². The molecule has 0 bridgehead atoms. The number of anilines is 2. The Hall–Kier alpha value is -2.65. The van der Waals surface area contributed by atoms with E-state index in [1.807, 2.05) is 43.3 Å². The second kappa shape index (κ2) is 11.0. The summed E-state index contributed by atoms with van der Waals surface area (Å²) in [6.07, 6.45) is -1.33. The van der Waals surface area contributed by atoms with Gasteiger partial charge in [0, 0.05) is 43.7 Å². The molecular weight excluding hydrogens is 482 g/mol. The lowest BCUT2D eigenvalue weighted by molar-refractivity contribution is -0.137. The second-order valence-corrected chi connectivity index (χ2v) is 9.19. The van der Waals surface area contributed by atoms with Crippen LogP contribution in [-0.2, 0) is 12.7 Å². The number of alkyl halides is 3. The van der Waals surface area contributed by atoms with Crippen LogP contribution in [0.5, 0.6) is 0 Å². The van der Waals surface area contributed by atoms with Gasteiger partial charge in [-0.1, -0.05) is 31.2 Å². The first kappa shape index (κ1) is 26.9. The van der Waals surface area contributed by atoms with Gasteiger partial charge in [-0.25, -0.2) is 9.37 Å². The van der Waals surface area contributed by atoms with Crippen molar-refractivity contribution in [2.24, 2.45) is 0 Å².